The van der Waals surface area contributed by atoms with Gasteiger partial charge in [-0.05, 0) is 62.1 Å². The fourth-order valence-corrected chi connectivity index (χ4v) is 3.42. The summed E-state index contributed by atoms with van der Waals surface area (Å²) in [6.07, 6.45) is 0. The lowest BCUT2D eigenvalue weighted by Crippen LogP contribution is -2.29. The molecule has 0 bridgehead atoms. The Hall–Kier alpha value is -2.95. The van der Waals surface area contributed by atoms with Crippen LogP contribution in [0.4, 0.5) is 8.78 Å². The highest BCUT2D eigenvalue weighted by Crippen LogP contribution is 2.24. The average Bonchev–Trinajstić information content (AvgIpc) is 2.89. The summed E-state index contributed by atoms with van der Waals surface area (Å²) in [4.78, 5) is 13.1. The van der Waals surface area contributed by atoms with E-state index in [9.17, 15) is 13.6 Å². The Labute approximate surface area is 164 Å². The second kappa shape index (κ2) is 7.97. The van der Waals surface area contributed by atoms with Crippen LogP contribution in [0.1, 0.15) is 51.4 Å². The van der Waals surface area contributed by atoms with E-state index in [1.807, 2.05) is 62.6 Å². The molecule has 0 aliphatic heterocycles. The number of carbonyl (C=O) groups excluding carboxylic acids is 1. The van der Waals surface area contributed by atoms with Crippen molar-refractivity contribution in [3.63, 3.8) is 0 Å². The van der Waals surface area contributed by atoms with Gasteiger partial charge in [-0.1, -0.05) is 36.4 Å². The molecule has 0 aliphatic carbocycles. The molecule has 0 radical (unpaired) electrons. The number of nitrogens with zero attached hydrogens (tertiary/aromatic N) is 1. The van der Waals surface area contributed by atoms with Gasteiger partial charge >= 0.3 is 0 Å². The van der Waals surface area contributed by atoms with Gasteiger partial charge < -0.3 is 9.88 Å². The smallest absolute Gasteiger partial charge is 0.268 e. The molecule has 2 aromatic carbocycles. The third-order valence-corrected chi connectivity index (χ3v) is 5.32. The molecule has 146 valence electrons. The van der Waals surface area contributed by atoms with Crippen LogP contribution in [0.3, 0.4) is 0 Å². The van der Waals surface area contributed by atoms with Crippen LogP contribution in [0.5, 0.6) is 0 Å². The Morgan fingerprint density at radius 1 is 1.00 bits per heavy atom. The highest BCUT2D eigenvalue weighted by molar-refractivity contribution is 5.95. The Kier molecular flexibility index (Phi) is 5.63. The molecule has 0 unspecified atom stereocenters. The molecule has 3 aromatic rings. The van der Waals surface area contributed by atoms with E-state index in [0.29, 0.717) is 17.8 Å². The molecule has 1 N–H and O–H groups in total. The van der Waals surface area contributed by atoms with E-state index in [0.717, 1.165) is 28.5 Å². The number of benzene rings is 2. The molecule has 0 spiro atoms. The third kappa shape index (κ3) is 3.84. The lowest BCUT2D eigenvalue weighted by Gasteiger charge is -2.17. The number of hydrogen-bond acceptors (Lipinski definition) is 1. The molecule has 1 atom stereocenters. The van der Waals surface area contributed by atoms with Crippen LogP contribution in [0.25, 0.3) is 0 Å². The number of hydrogen-bond donors (Lipinski definition) is 1. The van der Waals surface area contributed by atoms with Crippen molar-refractivity contribution in [3.8, 4) is 0 Å². The van der Waals surface area contributed by atoms with E-state index in [1.54, 1.807) is 0 Å². The van der Waals surface area contributed by atoms with Crippen molar-refractivity contribution in [2.75, 3.05) is 0 Å². The summed E-state index contributed by atoms with van der Waals surface area (Å²) in [5, 5.41) is 3.05. The first-order chi connectivity index (χ1) is 13.3. The van der Waals surface area contributed by atoms with E-state index in [2.05, 4.69) is 5.32 Å². The second-order valence-electron chi connectivity index (χ2n) is 7.12. The zero-order valence-corrected chi connectivity index (χ0v) is 16.5. The summed E-state index contributed by atoms with van der Waals surface area (Å²) >= 11 is 0. The molecule has 1 amide bonds. The van der Waals surface area contributed by atoms with Crippen molar-refractivity contribution in [3.05, 3.63) is 93.8 Å². The van der Waals surface area contributed by atoms with Crippen molar-refractivity contribution in [1.82, 2.24) is 9.88 Å². The first kappa shape index (κ1) is 19.8. The molecular weight excluding hydrogens is 358 g/mol. The maximum atomic E-state index is 13.6. The van der Waals surface area contributed by atoms with E-state index in [1.165, 1.54) is 12.1 Å². The Morgan fingerprint density at radius 2 is 1.68 bits per heavy atom. The maximum Gasteiger partial charge on any atom is 0.268 e. The van der Waals surface area contributed by atoms with Gasteiger partial charge in [-0.3, -0.25) is 4.79 Å². The maximum absolute atomic E-state index is 13.6. The van der Waals surface area contributed by atoms with E-state index in [4.69, 9.17) is 0 Å². The third-order valence-electron chi connectivity index (χ3n) is 5.32. The first-order valence-electron chi connectivity index (χ1n) is 9.25. The topological polar surface area (TPSA) is 34.0 Å². The van der Waals surface area contributed by atoms with Crippen molar-refractivity contribution < 1.29 is 13.6 Å². The van der Waals surface area contributed by atoms with Crippen LogP contribution in [0.2, 0.25) is 0 Å². The van der Waals surface area contributed by atoms with Gasteiger partial charge in [0.05, 0.1) is 6.04 Å². The molecular formula is C23H24F2N2O. The lowest BCUT2D eigenvalue weighted by molar-refractivity contribution is 0.0930. The van der Waals surface area contributed by atoms with Gasteiger partial charge in [0.15, 0.2) is 11.6 Å². The van der Waals surface area contributed by atoms with Gasteiger partial charge in [-0.2, -0.15) is 0 Å². The van der Waals surface area contributed by atoms with Crippen LogP contribution in [-0.2, 0) is 6.54 Å². The van der Waals surface area contributed by atoms with Gasteiger partial charge in [0.25, 0.3) is 5.91 Å². The number of carbonyl (C=O) groups is 1. The van der Waals surface area contributed by atoms with Crippen molar-refractivity contribution in [2.45, 2.75) is 40.3 Å². The molecule has 0 saturated carbocycles. The highest BCUT2D eigenvalue weighted by Gasteiger charge is 2.22. The zero-order valence-electron chi connectivity index (χ0n) is 16.5. The average molecular weight is 382 g/mol. The van der Waals surface area contributed by atoms with Gasteiger partial charge in [0.1, 0.15) is 5.69 Å². The van der Waals surface area contributed by atoms with E-state index in [-0.39, 0.29) is 11.9 Å². The Balaban J connectivity index is 1.93. The zero-order chi connectivity index (χ0) is 20.4. The fourth-order valence-electron chi connectivity index (χ4n) is 3.42. The summed E-state index contributed by atoms with van der Waals surface area (Å²) in [5.74, 6) is -1.96. The van der Waals surface area contributed by atoms with Gasteiger partial charge in [0, 0.05) is 12.2 Å². The van der Waals surface area contributed by atoms with Crippen LogP contribution in [0, 0.1) is 32.4 Å². The Morgan fingerprint density at radius 3 is 2.32 bits per heavy atom. The van der Waals surface area contributed by atoms with Crippen molar-refractivity contribution >= 4 is 5.91 Å². The molecule has 3 rings (SSSR count). The second-order valence-corrected chi connectivity index (χ2v) is 7.12. The minimum atomic E-state index is -0.889. The van der Waals surface area contributed by atoms with Crippen LogP contribution in [0.15, 0.2) is 48.5 Å². The van der Waals surface area contributed by atoms with Gasteiger partial charge in [-0.25, -0.2) is 8.78 Å². The summed E-state index contributed by atoms with van der Waals surface area (Å²) in [5.41, 5.74) is 4.99. The SMILES string of the molecule is Cc1c(C)c(C(=O)N[C@H](C)c2ccccc2)n(Cc2ccc(F)c(F)c2)c1C. The van der Waals surface area contributed by atoms with Gasteiger partial charge in [0.2, 0.25) is 0 Å². The predicted molar refractivity (Wildman–Crippen MR) is 106 cm³/mol. The summed E-state index contributed by atoms with van der Waals surface area (Å²) in [6, 6.07) is 13.4. The minimum absolute atomic E-state index is 0.152. The Bertz CT molecular complexity index is 1010. The normalized spacial score (nSPS) is 12.1. The summed E-state index contributed by atoms with van der Waals surface area (Å²) < 4.78 is 28.7. The summed E-state index contributed by atoms with van der Waals surface area (Å²) in [6.45, 7) is 8.03. The van der Waals surface area contributed by atoms with Crippen molar-refractivity contribution in [2.24, 2.45) is 0 Å². The van der Waals surface area contributed by atoms with Crippen molar-refractivity contribution in [1.29, 1.82) is 0 Å². The molecule has 5 heteroatoms. The molecule has 0 saturated heterocycles. The minimum Gasteiger partial charge on any atom is -0.344 e. The van der Waals surface area contributed by atoms with Crippen LogP contribution < -0.4 is 5.32 Å². The number of nitrogens with one attached hydrogen (secondary N) is 1. The fraction of sp³-hybridized carbons (Fsp3) is 0.261. The molecule has 28 heavy (non-hydrogen) atoms. The molecule has 0 fully saturated rings. The number of halogens is 2. The van der Waals surface area contributed by atoms with Gasteiger partial charge in [-0.15, -0.1) is 0 Å². The monoisotopic (exact) mass is 382 g/mol. The number of aromatic nitrogens is 1. The first-order valence-corrected chi connectivity index (χ1v) is 9.25. The largest absolute Gasteiger partial charge is 0.344 e. The quantitative estimate of drug-likeness (QED) is 0.644. The number of amides is 1. The van der Waals surface area contributed by atoms with Crippen LogP contribution >= 0.6 is 0 Å². The summed E-state index contributed by atoms with van der Waals surface area (Å²) in [7, 11) is 0. The van der Waals surface area contributed by atoms with Crippen LogP contribution in [-0.4, -0.2) is 10.5 Å². The molecule has 1 heterocycles. The molecule has 3 nitrogen and oxygen atoms in total. The lowest BCUT2D eigenvalue weighted by atomic mass is 10.1. The molecule has 0 aliphatic rings. The highest BCUT2D eigenvalue weighted by atomic mass is 19.2. The molecule has 1 aromatic heterocycles. The predicted octanol–water partition coefficient (Wildman–Crippen LogP) is 5.23. The van der Waals surface area contributed by atoms with E-state index >= 15 is 0 Å². The standard InChI is InChI=1S/C23H24F2N2O/c1-14-15(2)22(23(28)26-16(3)19-8-6-5-7-9-19)27(17(14)4)13-18-10-11-20(24)21(25)12-18/h5-12,16H,13H2,1-4H3,(H,26,28)/t16-/m1/s1. The van der Waals surface area contributed by atoms with E-state index < -0.39 is 11.6 Å². The number of rotatable bonds is 5.